The molecule has 0 saturated heterocycles. The third-order valence-electron chi connectivity index (χ3n) is 5.69. The predicted molar refractivity (Wildman–Crippen MR) is 135 cm³/mol. The zero-order valence-corrected chi connectivity index (χ0v) is 21.0. The topological polar surface area (TPSA) is 103 Å². The lowest BCUT2D eigenvalue weighted by Crippen LogP contribution is -2.31. The zero-order chi connectivity index (χ0) is 25.2. The molecule has 0 aliphatic heterocycles. The Balaban J connectivity index is 1.66. The van der Waals surface area contributed by atoms with Crippen LogP contribution in [-0.4, -0.2) is 35.7 Å². The van der Waals surface area contributed by atoms with Crippen LogP contribution in [-0.2, 0) is 27.7 Å². The molecule has 2 aromatic carbocycles. The number of hydrogen-bond donors (Lipinski definition) is 1. The van der Waals surface area contributed by atoms with E-state index in [1.165, 1.54) is 6.07 Å². The summed E-state index contributed by atoms with van der Waals surface area (Å²) in [6.07, 6.45) is -0.220. The molecule has 0 aliphatic carbocycles. The average molecular weight is 493 g/mol. The summed E-state index contributed by atoms with van der Waals surface area (Å²) in [5.74, 6) is 0.965. The van der Waals surface area contributed by atoms with Gasteiger partial charge in [0.1, 0.15) is 11.3 Å². The lowest BCUT2D eigenvalue weighted by atomic mass is 10.0. The second-order valence-corrected chi connectivity index (χ2v) is 9.89. The monoisotopic (exact) mass is 492 g/mol. The van der Waals surface area contributed by atoms with Crippen molar-refractivity contribution in [2.24, 2.45) is 0 Å². The van der Waals surface area contributed by atoms with Gasteiger partial charge in [-0.1, -0.05) is 49.4 Å². The predicted octanol–water partition coefficient (Wildman–Crippen LogP) is 4.76. The molecule has 182 valence electrons. The van der Waals surface area contributed by atoms with Crippen molar-refractivity contribution < 1.29 is 17.9 Å². The van der Waals surface area contributed by atoms with E-state index in [1.54, 1.807) is 25.1 Å². The van der Waals surface area contributed by atoms with E-state index >= 15 is 0 Å². The number of hydrogen-bond acceptors (Lipinski definition) is 6. The van der Waals surface area contributed by atoms with E-state index in [2.05, 4.69) is 11.5 Å². The first-order valence-electron chi connectivity index (χ1n) is 11.4. The van der Waals surface area contributed by atoms with Gasteiger partial charge in [0.2, 0.25) is 0 Å². The Morgan fingerprint density at radius 1 is 1.03 bits per heavy atom. The molecule has 0 spiro atoms. The lowest BCUT2D eigenvalue weighted by molar-refractivity contribution is 0.158. The van der Waals surface area contributed by atoms with Gasteiger partial charge in [-0.25, -0.2) is 27.9 Å². The fourth-order valence-electron chi connectivity index (χ4n) is 4.12. The van der Waals surface area contributed by atoms with Crippen molar-refractivity contribution in [1.29, 1.82) is 0 Å². The highest BCUT2D eigenvalue weighted by Crippen LogP contribution is 2.28. The molecular formula is C26H28N4O4S. The van der Waals surface area contributed by atoms with E-state index in [0.717, 1.165) is 45.8 Å². The van der Waals surface area contributed by atoms with Crippen molar-refractivity contribution in [2.45, 2.75) is 45.6 Å². The van der Waals surface area contributed by atoms with Gasteiger partial charge >= 0.3 is 6.09 Å². The van der Waals surface area contributed by atoms with Crippen LogP contribution < -0.4 is 4.72 Å². The molecule has 0 radical (unpaired) electrons. The van der Waals surface area contributed by atoms with Crippen LogP contribution in [0.25, 0.3) is 22.3 Å². The van der Waals surface area contributed by atoms with Crippen molar-refractivity contribution >= 4 is 27.3 Å². The molecule has 8 nitrogen and oxygen atoms in total. The van der Waals surface area contributed by atoms with Gasteiger partial charge in [-0.3, -0.25) is 0 Å². The van der Waals surface area contributed by atoms with Gasteiger partial charge in [0.05, 0.1) is 18.0 Å². The maximum absolute atomic E-state index is 12.8. The molecule has 4 aromatic rings. The largest absolute Gasteiger partial charge is 0.449 e. The van der Waals surface area contributed by atoms with Crippen LogP contribution in [0, 0.1) is 13.8 Å². The second-order valence-electron chi connectivity index (χ2n) is 8.24. The number of nitrogens with zero attached hydrogens (tertiary/aromatic N) is 3. The molecule has 0 unspecified atom stereocenters. The van der Waals surface area contributed by atoms with Crippen LogP contribution in [0.4, 0.5) is 4.79 Å². The Kier molecular flexibility index (Phi) is 6.88. The molecule has 2 aromatic heterocycles. The Labute approximate surface area is 205 Å². The van der Waals surface area contributed by atoms with Crippen LogP contribution >= 0.6 is 0 Å². The fraction of sp³-hybridized carbons (Fsp3) is 0.269. The fourth-order valence-corrected chi connectivity index (χ4v) is 5.24. The minimum atomic E-state index is -4.10. The van der Waals surface area contributed by atoms with Gasteiger partial charge < -0.3 is 9.30 Å². The van der Waals surface area contributed by atoms with Crippen molar-refractivity contribution in [3.63, 3.8) is 0 Å². The first-order valence-corrected chi connectivity index (χ1v) is 12.9. The smallest absolute Gasteiger partial charge is 0.421 e. The highest BCUT2D eigenvalue weighted by atomic mass is 32.2. The SMILES string of the molecule is CCOC(=O)NS(=O)(=O)c1ccccc1-c1ccc(Cn2c(CC)nc3c(C)cc(C)nc32)cc1. The number of sulfonamides is 1. The molecule has 0 bridgehead atoms. The van der Waals surface area contributed by atoms with E-state index in [4.69, 9.17) is 14.7 Å². The first-order chi connectivity index (χ1) is 16.7. The Bertz CT molecular complexity index is 1490. The summed E-state index contributed by atoms with van der Waals surface area (Å²) in [4.78, 5) is 21.3. The van der Waals surface area contributed by atoms with E-state index < -0.39 is 16.1 Å². The summed E-state index contributed by atoms with van der Waals surface area (Å²) in [6.45, 7) is 8.38. The van der Waals surface area contributed by atoms with Crippen LogP contribution in [0.1, 0.15) is 36.5 Å². The van der Waals surface area contributed by atoms with Crippen LogP contribution in [0.15, 0.2) is 59.5 Å². The third kappa shape index (κ3) is 5.05. The van der Waals surface area contributed by atoms with E-state index in [-0.39, 0.29) is 11.5 Å². The van der Waals surface area contributed by atoms with Gasteiger partial charge in [0, 0.05) is 17.7 Å². The van der Waals surface area contributed by atoms with E-state index in [0.29, 0.717) is 12.1 Å². The molecule has 4 rings (SSSR count). The Morgan fingerprint density at radius 3 is 2.43 bits per heavy atom. The summed E-state index contributed by atoms with van der Waals surface area (Å²) < 4.78 is 34.4. The number of carbonyl (C=O) groups is 1. The number of imidazole rings is 1. The highest BCUT2D eigenvalue weighted by Gasteiger charge is 2.22. The number of benzene rings is 2. The molecule has 0 fully saturated rings. The summed E-state index contributed by atoms with van der Waals surface area (Å²) in [6, 6.07) is 16.3. The van der Waals surface area contributed by atoms with Crippen LogP contribution in [0.3, 0.4) is 0 Å². The number of rotatable bonds is 7. The number of amides is 1. The zero-order valence-electron chi connectivity index (χ0n) is 20.2. The number of pyridine rings is 1. The number of ether oxygens (including phenoxy) is 1. The average Bonchev–Trinajstić information content (AvgIpc) is 3.17. The van der Waals surface area contributed by atoms with Gasteiger partial charge in [-0.2, -0.15) is 0 Å². The molecule has 1 N–H and O–H groups in total. The first kappa shape index (κ1) is 24.4. The molecule has 9 heteroatoms. The van der Waals surface area contributed by atoms with Crippen molar-refractivity contribution in [3.05, 3.63) is 77.2 Å². The normalized spacial score (nSPS) is 11.5. The number of nitrogens with one attached hydrogen (secondary N) is 1. The molecule has 1 amide bonds. The standard InChI is InChI=1S/C26H28N4O4S/c1-5-23-28-24-17(3)15-18(4)27-25(24)30(23)16-19-11-13-20(14-12-19)21-9-7-8-10-22(21)35(32,33)29-26(31)34-6-2/h7-15H,5-6,16H2,1-4H3,(H,29,31). The summed E-state index contributed by atoms with van der Waals surface area (Å²) >= 11 is 0. The number of aromatic nitrogens is 3. The maximum atomic E-state index is 12.8. The Morgan fingerprint density at radius 2 is 1.74 bits per heavy atom. The number of fused-ring (bicyclic) bond motifs is 1. The summed E-state index contributed by atoms with van der Waals surface area (Å²) in [7, 11) is -4.10. The van der Waals surface area contributed by atoms with Crippen molar-refractivity contribution in [1.82, 2.24) is 19.3 Å². The summed E-state index contributed by atoms with van der Waals surface area (Å²) in [5, 5.41) is 0. The second kappa shape index (κ2) is 9.87. The van der Waals surface area contributed by atoms with E-state index in [9.17, 15) is 13.2 Å². The van der Waals surface area contributed by atoms with Gasteiger partial charge in [0.15, 0.2) is 5.65 Å². The number of carbonyl (C=O) groups excluding carboxylic acids is 1. The van der Waals surface area contributed by atoms with Crippen molar-refractivity contribution in [2.75, 3.05) is 6.61 Å². The number of aryl methyl sites for hydroxylation is 3. The minimum Gasteiger partial charge on any atom is -0.449 e. The van der Waals surface area contributed by atoms with Crippen LogP contribution in [0.5, 0.6) is 0 Å². The van der Waals surface area contributed by atoms with Gasteiger partial charge in [-0.15, -0.1) is 0 Å². The summed E-state index contributed by atoms with van der Waals surface area (Å²) in [5.41, 5.74) is 6.07. The highest BCUT2D eigenvalue weighted by molar-refractivity contribution is 7.90. The third-order valence-corrected chi connectivity index (χ3v) is 7.06. The maximum Gasteiger partial charge on any atom is 0.421 e. The lowest BCUT2D eigenvalue weighted by Gasteiger charge is -2.13. The molecule has 0 saturated carbocycles. The quantitative estimate of drug-likeness (QED) is 0.399. The van der Waals surface area contributed by atoms with Gasteiger partial charge in [0.25, 0.3) is 10.0 Å². The van der Waals surface area contributed by atoms with E-state index in [1.807, 2.05) is 48.9 Å². The Hall–Kier alpha value is -3.72. The van der Waals surface area contributed by atoms with Gasteiger partial charge in [-0.05, 0) is 49.6 Å². The molecule has 0 atom stereocenters. The molecular weight excluding hydrogens is 464 g/mol. The molecule has 2 heterocycles. The van der Waals surface area contributed by atoms with Crippen LogP contribution in [0.2, 0.25) is 0 Å². The van der Waals surface area contributed by atoms with Crippen molar-refractivity contribution in [3.8, 4) is 11.1 Å². The molecule has 0 aliphatic rings. The molecule has 35 heavy (non-hydrogen) atoms. The minimum absolute atomic E-state index is 0.00447.